The summed E-state index contributed by atoms with van der Waals surface area (Å²) in [5.41, 5.74) is 6.02. The third-order valence-corrected chi connectivity index (χ3v) is 6.13. The minimum atomic E-state index is 0.0259. The highest BCUT2D eigenvalue weighted by atomic mass is 35.5. The first-order valence-electron chi connectivity index (χ1n) is 10.7. The molecule has 2 aromatic heterocycles. The number of aryl methyl sites for hydroxylation is 1. The Labute approximate surface area is 192 Å². The van der Waals surface area contributed by atoms with Gasteiger partial charge in [-0.1, -0.05) is 41.9 Å². The van der Waals surface area contributed by atoms with E-state index < -0.39 is 0 Å². The summed E-state index contributed by atoms with van der Waals surface area (Å²) >= 11 is 6.57. The number of halogens is 1. The van der Waals surface area contributed by atoms with Gasteiger partial charge in [-0.05, 0) is 59.4 Å². The van der Waals surface area contributed by atoms with Gasteiger partial charge >= 0.3 is 0 Å². The molecule has 0 N–H and O–H groups in total. The maximum absolute atomic E-state index is 12.9. The van der Waals surface area contributed by atoms with Crippen LogP contribution in [0.5, 0.6) is 0 Å². The van der Waals surface area contributed by atoms with Gasteiger partial charge in [-0.15, -0.1) is 0 Å². The fraction of sp³-hybridized carbons (Fsp3) is 0.192. The molecule has 0 saturated heterocycles. The molecule has 1 amide bonds. The molecular weight excluding hydrogens is 420 g/mol. The molecular formula is C26H23ClN4O. The Balaban J connectivity index is 1.29. The zero-order valence-electron chi connectivity index (χ0n) is 17.6. The predicted octanol–water partition coefficient (Wildman–Crippen LogP) is 5.24. The lowest BCUT2D eigenvalue weighted by Gasteiger charge is -2.15. The fourth-order valence-electron chi connectivity index (χ4n) is 4.20. The van der Waals surface area contributed by atoms with Crippen LogP contribution in [-0.4, -0.2) is 32.1 Å². The summed E-state index contributed by atoms with van der Waals surface area (Å²) in [6, 6.07) is 18.3. The fourth-order valence-corrected chi connectivity index (χ4v) is 4.52. The topological polar surface area (TPSA) is 51.0 Å². The molecule has 1 aliphatic heterocycles. The molecule has 3 heterocycles. The lowest BCUT2D eigenvalue weighted by atomic mass is 10.0. The van der Waals surface area contributed by atoms with Crippen LogP contribution in [0.1, 0.15) is 33.5 Å². The van der Waals surface area contributed by atoms with Gasteiger partial charge in [-0.25, -0.2) is 0 Å². The number of carbonyl (C=O) groups excluding carboxylic acids is 1. The molecule has 5 rings (SSSR count). The highest BCUT2D eigenvalue weighted by Gasteiger charge is 2.30. The first-order chi connectivity index (χ1) is 15.7. The Hall–Kier alpha value is -3.44. The summed E-state index contributed by atoms with van der Waals surface area (Å²) < 4.78 is 1.90. The van der Waals surface area contributed by atoms with E-state index in [9.17, 15) is 4.79 Å². The molecule has 4 aromatic rings. The smallest absolute Gasteiger partial charge is 0.256 e. The van der Waals surface area contributed by atoms with E-state index in [1.54, 1.807) is 12.4 Å². The van der Waals surface area contributed by atoms with E-state index in [1.165, 1.54) is 5.56 Å². The number of fused-ring (bicyclic) bond motifs is 1. The minimum Gasteiger partial charge on any atom is -0.334 e. The Bertz CT molecular complexity index is 1240. The number of aromatic nitrogens is 3. The number of rotatable bonds is 7. The standard InChI is InChI=1S/C26H23ClN4O/c27-24-14-21(23-15-29-31(18-23)16-20-8-10-28-11-9-20)13-22-17-30(26(32)25(22)24)12-4-7-19-5-2-1-3-6-19/h1-3,5-6,8-11,13-15,18H,4,7,12,16-17H2. The molecule has 6 heteroatoms. The molecule has 1 aliphatic rings. The van der Waals surface area contributed by atoms with Crippen molar-refractivity contribution < 1.29 is 4.79 Å². The van der Waals surface area contributed by atoms with Gasteiger partial charge in [-0.3, -0.25) is 14.5 Å². The van der Waals surface area contributed by atoms with Crippen LogP contribution in [-0.2, 0) is 19.5 Å². The van der Waals surface area contributed by atoms with Gasteiger partial charge in [-0.2, -0.15) is 5.10 Å². The van der Waals surface area contributed by atoms with Gasteiger partial charge in [0.2, 0.25) is 0 Å². The number of benzene rings is 2. The van der Waals surface area contributed by atoms with E-state index >= 15 is 0 Å². The number of hydrogen-bond acceptors (Lipinski definition) is 3. The van der Waals surface area contributed by atoms with Crippen molar-refractivity contribution in [2.75, 3.05) is 6.54 Å². The minimum absolute atomic E-state index is 0.0259. The molecule has 0 saturated carbocycles. The van der Waals surface area contributed by atoms with Crippen molar-refractivity contribution in [1.82, 2.24) is 19.7 Å². The monoisotopic (exact) mass is 442 g/mol. The van der Waals surface area contributed by atoms with E-state index in [2.05, 4.69) is 28.3 Å². The molecule has 0 unspecified atom stereocenters. The van der Waals surface area contributed by atoms with Gasteiger partial charge in [0.05, 0.1) is 23.3 Å². The van der Waals surface area contributed by atoms with E-state index in [0.717, 1.165) is 41.6 Å². The van der Waals surface area contributed by atoms with E-state index in [0.29, 0.717) is 23.7 Å². The second-order valence-electron chi connectivity index (χ2n) is 8.09. The van der Waals surface area contributed by atoms with Crippen LogP contribution in [0.2, 0.25) is 5.02 Å². The molecule has 0 fully saturated rings. The highest BCUT2D eigenvalue weighted by Crippen LogP contribution is 2.34. The summed E-state index contributed by atoms with van der Waals surface area (Å²) in [5, 5.41) is 5.00. The van der Waals surface area contributed by atoms with Crippen LogP contribution in [0.25, 0.3) is 11.1 Å². The number of pyridine rings is 1. The SMILES string of the molecule is O=C1c2c(Cl)cc(-c3cnn(Cc4ccncc4)c3)cc2CN1CCCc1ccccc1. The van der Waals surface area contributed by atoms with Gasteiger partial charge in [0.15, 0.2) is 0 Å². The van der Waals surface area contributed by atoms with Crippen molar-refractivity contribution >= 4 is 17.5 Å². The first kappa shape index (κ1) is 20.5. The lowest BCUT2D eigenvalue weighted by molar-refractivity contribution is 0.0777. The number of amides is 1. The van der Waals surface area contributed by atoms with Crippen molar-refractivity contribution in [3.8, 4) is 11.1 Å². The second-order valence-corrected chi connectivity index (χ2v) is 8.50. The quantitative estimate of drug-likeness (QED) is 0.393. The van der Waals surface area contributed by atoms with Crippen LogP contribution in [0.3, 0.4) is 0 Å². The van der Waals surface area contributed by atoms with Gasteiger partial charge in [0, 0.05) is 37.2 Å². The lowest BCUT2D eigenvalue weighted by Crippen LogP contribution is -2.25. The zero-order chi connectivity index (χ0) is 21.9. The molecule has 0 atom stereocenters. The van der Waals surface area contributed by atoms with Crippen LogP contribution in [0.4, 0.5) is 0 Å². The van der Waals surface area contributed by atoms with Crippen LogP contribution < -0.4 is 0 Å². The summed E-state index contributed by atoms with van der Waals surface area (Å²) in [7, 11) is 0. The molecule has 2 aromatic carbocycles. The number of nitrogens with zero attached hydrogens (tertiary/aromatic N) is 4. The Morgan fingerprint density at radius 1 is 0.969 bits per heavy atom. The third kappa shape index (κ3) is 4.30. The highest BCUT2D eigenvalue weighted by molar-refractivity contribution is 6.34. The summed E-state index contributed by atoms with van der Waals surface area (Å²) in [5.74, 6) is 0.0259. The van der Waals surface area contributed by atoms with Crippen LogP contribution in [0, 0.1) is 0 Å². The maximum atomic E-state index is 12.9. The largest absolute Gasteiger partial charge is 0.334 e. The predicted molar refractivity (Wildman–Crippen MR) is 126 cm³/mol. The number of carbonyl (C=O) groups is 1. The van der Waals surface area contributed by atoms with Crippen molar-refractivity contribution in [2.45, 2.75) is 25.9 Å². The molecule has 0 spiro atoms. The molecule has 32 heavy (non-hydrogen) atoms. The van der Waals surface area contributed by atoms with Crippen LogP contribution >= 0.6 is 11.6 Å². The second kappa shape index (κ2) is 8.97. The average molecular weight is 443 g/mol. The summed E-state index contributed by atoms with van der Waals surface area (Å²) in [6.45, 7) is 1.99. The first-order valence-corrected chi connectivity index (χ1v) is 11.1. The third-order valence-electron chi connectivity index (χ3n) is 5.83. The van der Waals surface area contributed by atoms with Crippen molar-refractivity contribution in [1.29, 1.82) is 0 Å². The summed E-state index contributed by atoms with van der Waals surface area (Å²) in [4.78, 5) is 18.9. The van der Waals surface area contributed by atoms with E-state index in [-0.39, 0.29) is 5.91 Å². The molecule has 5 nitrogen and oxygen atoms in total. The van der Waals surface area contributed by atoms with E-state index in [1.807, 2.05) is 58.4 Å². The van der Waals surface area contributed by atoms with Gasteiger partial charge in [0.25, 0.3) is 5.91 Å². The molecule has 0 bridgehead atoms. The Morgan fingerprint density at radius 2 is 1.78 bits per heavy atom. The van der Waals surface area contributed by atoms with Crippen molar-refractivity contribution in [3.63, 3.8) is 0 Å². The van der Waals surface area contributed by atoms with Gasteiger partial charge < -0.3 is 4.90 Å². The molecule has 160 valence electrons. The Kier molecular flexibility index (Phi) is 5.73. The normalized spacial score (nSPS) is 12.9. The molecule has 0 aliphatic carbocycles. The van der Waals surface area contributed by atoms with Crippen molar-refractivity contribution in [3.05, 3.63) is 107 Å². The maximum Gasteiger partial charge on any atom is 0.256 e. The zero-order valence-corrected chi connectivity index (χ0v) is 18.4. The average Bonchev–Trinajstić information content (AvgIpc) is 3.40. The molecule has 0 radical (unpaired) electrons. The number of hydrogen-bond donors (Lipinski definition) is 0. The summed E-state index contributed by atoms with van der Waals surface area (Å²) in [6.07, 6.45) is 9.29. The Morgan fingerprint density at radius 3 is 2.59 bits per heavy atom. The van der Waals surface area contributed by atoms with Crippen molar-refractivity contribution in [2.24, 2.45) is 0 Å². The van der Waals surface area contributed by atoms with E-state index in [4.69, 9.17) is 11.6 Å². The van der Waals surface area contributed by atoms with Crippen LogP contribution in [0.15, 0.2) is 79.4 Å². The van der Waals surface area contributed by atoms with Gasteiger partial charge in [0.1, 0.15) is 0 Å².